The number of nitrogens with zero attached hydrogens (tertiary/aromatic N) is 1. The largest absolute Gasteiger partial charge is 0.480 e. The third-order valence-electron chi connectivity index (χ3n) is 12.1. The highest BCUT2D eigenvalue weighted by atomic mass is 79.9. The summed E-state index contributed by atoms with van der Waals surface area (Å²) in [6.07, 6.45) is 1.07. The highest BCUT2D eigenvalue weighted by Crippen LogP contribution is 2.49. The van der Waals surface area contributed by atoms with E-state index in [0.717, 1.165) is 15.6 Å². The first-order chi connectivity index (χ1) is 23.1. The number of rotatable bonds is 17. The molecule has 0 amide bonds. The maximum atomic E-state index is 7.82. The molecule has 2 aromatic rings. The van der Waals surface area contributed by atoms with Crippen molar-refractivity contribution in [2.24, 2.45) is 0 Å². The third kappa shape index (κ3) is 8.31. The number of fused-ring (bicyclic) bond motifs is 1. The van der Waals surface area contributed by atoms with Crippen molar-refractivity contribution < 1.29 is 22.4 Å². The molecule has 0 unspecified atom stereocenters. The van der Waals surface area contributed by atoms with Crippen molar-refractivity contribution in [2.75, 3.05) is 6.61 Å². The average Bonchev–Trinajstić information content (AvgIpc) is 3.41. The van der Waals surface area contributed by atoms with Gasteiger partial charge in [-0.1, -0.05) is 141 Å². The fraction of sp³-hybridized carbons (Fsp3) is 0.775. The molecule has 1 aromatic heterocycles. The molecule has 3 rings (SSSR count). The normalized spacial score (nSPS) is 19.9. The van der Waals surface area contributed by atoms with E-state index in [4.69, 9.17) is 27.4 Å². The van der Waals surface area contributed by atoms with Gasteiger partial charge in [0.1, 0.15) is 17.7 Å². The maximum absolute atomic E-state index is 7.82. The van der Waals surface area contributed by atoms with Crippen LogP contribution in [0.25, 0.3) is 16.9 Å². The summed E-state index contributed by atoms with van der Waals surface area (Å²) in [6.45, 7) is 42.8. The molecule has 6 nitrogen and oxygen atoms in total. The van der Waals surface area contributed by atoms with Gasteiger partial charge in [0.15, 0.2) is 11.3 Å². The van der Waals surface area contributed by atoms with Gasteiger partial charge >= 0.3 is 0 Å². The van der Waals surface area contributed by atoms with Gasteiger partial charge in [-0.2, -0.15) is 0 Å². The summed E-state index contributed by atoms with van der Waals surface area (Å²) in [5.41, 5.74) is 5.29. The number of hydrogen-bond donors (Lipinski definition) is 0. The monoisotopic (exact) mass is 809 g/mol. The molecular formula is C40H72BrNO5Si3. The van der Waals surface area contributed by atoms with Crippen LogP contribution < -0.4 is 0 Å². The molecular weight excluding hydrogens is 739 g/mol. The highest BCUT2D eigenvalue weighted by Gasteiger charge is 2.55. The summed E-state index contributed by atoms with van der Waals surface area (Å²) in [5, 5.41) is 0. The van der Waals surface area contributed by atoms with Gasteiger partial charge in [0.2, 0.25) is 25.0 Å². The highest BCUT2D eigenvalue weighted by molar-refractivity contribution is 9.10. The van der Waals surface area contributed by atoms with Gasteiger partial charge in [-0.25, -0.2) is 4.98 Å². The van der Waals surface area contributed by atoms with Gasteiger partial charge < -0.3 is 22.4 Å². The van der Waals surface area contributed by atoms with Crippen LogP contribution in [0.3, 0.4) is 0 Å². The Labute approximate surface area is 317 Å². The molecule has 0 N–H and O–H groups in total. The van der Waals surface area contributed by atoms with Crippen LogP contribution in [0.5, 0.6) is 0 Å². The van der Waals surface area contributed by atoms with Crippen LogP contribution in [0.1, 0.15) is 131 Å². The Kier molecular flexibility index (Phi) is 15.0. The van der Waals surface area contributed by atoms with E-state index in [1.54, 1.807) is 0 Å². The first kappa shape index (κ1) is 43.6. The maximum Gasteiger partial charge on any atom is 0.263 e. The van der Waals surface area contributed by atoms with Crippen molar-refractivity contribution in [3.05, 3.63) is 34.6 Å². The number of ether oxygens (including phenoxy) is 1. The fourth-order valence-corrected chi connectivity index (χ4v) is 27.1. The average molecular weight is 811 g/mol. The Balaban J connectivity index is 2.35. The smallest absolute Gasteiger partial charge is 0.263 e. The van der Waals surface area contributed by atoms with E-state index in [2.05, 4.69) is 147 Å². The predicted molar refractivity (Wildman–Crippen MR) is 223 cm³/mol. The molecule has 2 heterocycles. The van der Waals surface area contributed by atoms with E-state index >= 15 is 0 Å². The number of aromatic nitrogens is 1. The van der Waals surface area contributed by atoms with Crippen molar-refractivity contribution in [2.45, 2.75) is 193 Å². The molecule has 1 aliphatic rings. The van der Waals surface area contributed by atoms with Crippen molar-refractivity contribution in [3.8, 4) is 0 Å². The lowest BCUT2D eigenvalue weighted by Gasteiger charge is -2.52. The van der Waals surface area contributed by atoms with Crippen molar-refractivity contribution in [3.63, 3.8) is 0 Å². The molecule has 0 saturated heterocycles. The summed E-state index contributed by atoms with van der Waals surface area (Å²) in [7, 11) is -7.01. The Bertz CT molecular complexity index is 1350. The number of hydrogen-bond acceptors (Lipinski definition) is 6. The molecule has 0 aliphatic carbocycles. The van der Waals surface area contributed by atoms with Crippen LogP contribution in [0.15, 0.2) is 33.2 Å². The summed E-state index contributed by atoms with van der Waals surface area (Å²) in [6, 6.07) is 5.92. The molecule has 286 valence electrons. The lowest BCUT2D eigenvalue weighted by atomic mass is 10.0. The van der Waals surface area contributed by atoms with E-state index in [-0.39, 0.29) is 12.2 Å². The molecule has 1 aliphatic heterocycles. The second-order valence-electron chi connectivity index (χ2n) is 17.7. The molecule has 0 spiro atoms. The Hall–Kier alpha value is -0.759. The van der Waals surface area contributed by atoms with Crippen molar-refractivity contribution in [1.82, 2.24) is 4.98 Å². The number of halogens is 1. The van der Waals surface area contributed by atoms with Gasteiger partial charge in [0.05, 0.1) is 12.7 Å². The zero-order valence-electron chi connectivity index (χ0n) is 34.8. The van der Waals surface area contributed by atoms with Gasteiger partial charge in [-0.05, 0) is 74.1 Å². The Morgan fingerprint density at radius 3 is 1.52 bits per heavy atom. The quantitative estimate of drug-likeness (QED) is 0.148. The van der Waals surface area contributed by atoms with Gasteiger partial charge in [-0.3, -0.25) is 0 Å². The van der Waals surface area contributed by atoms with Crippen LogP contribution in [-0.4, -0.2) is 54.9 Å². The minimum Gasteiger partial charge on any atom is -0.480 e. The lowest BCUT2D eigenvalue weighted by molar-refractivity contribution is -0.0630. The fourth-order valence-electron chi connectivity index (χ4n) is 10.2. The zero-order valence-corrected chi connectivity index (χ0v) is 39.4. The zero-order chi connectivity index (χ0) is 38.1. The molecule has 0 bridgehead atoms. The van der Waals surface area contributed by atoms with Crippen LogP contribution in [0, 0.1) is 0 Å². The molecule has 3 atom stereocenters. The second kappa shape index (κ2) is 17.1. The molecule has 50 heavy (non-hydrogen) atoms. The topological polar surface area (TPSA) is 63.0 Å². The van der Waals surface area contributed by atoms with E-state index in [9.17, 15) is 0 Å². The van der Waals surface area contributed by atoms with Crippen LogP contribution in [-0.2, 0) is 18.0 Å². The number of benzene rings is 1. The van der Waals surface area contributed by atoms with Gasteiger partial charge in [0.25, 0.3) is 5.89 Å². The van der Waals surface area contributed by atoms with E-state index in [1.807, 2.05) is 18.2 Å². The van der Waals surface area contributed by atoms with Crippen molar-refractivity contribution >= 4 is 57.7 Å². The molecule has 0 radical (unpaired) electrons. The standard InChI is InChI=1S/C40H72BrNO5Si3/c1-24(2)48(25(3)4,26(5)6)43-23-38-39(47-50(30(13)14,31(15)16)32(17)18)36(46-49(27(7)8,28(9)10)29(11)12)22-37(44-38)40-42-34-21-33(41)19-20-35(34)45-40/h19-22,24-32,36,38-39H,23H2,1-18H3/t36-,38-,39-/m1/s1. The summed E-state index contributed by atoms with van der Waals surface area (Å²) in [5.74, 6) is 1.09. The molecule has 10 heteroatoms. The van der Waals surface area contributed by atoms with E-state index < -0.39 is 31.1 Å². The van der Waals surface area contributed by atoms with Crippen LogP contribution in [0.2, 0.25) is 49.9 Å². The Morgan fingerprint density at radius 2 is 1.08 bits per heavy atom. The van der Waals surface area contributed by atoms with Crippen LogP contribution >= 0.6 is 15.9 Å². The second-order valence-corrected chi connectivity index (χ2v) is 34.9. The summed E-state index contributed by atoms with van der Waals surface area (Å²) >= 11 is 3.61. The minimum atomic E-state index is -2.39. The van der Waals surface area contributed by atoms with Gasteiger partial charge in [-0.15, -0.1) is 0 Å². The van der Waals surface area contributed by atoms with Crippen molar-refractivity contribution in [1.29, 1.82) is 0 Å². The first-order valence-electron chi connectivity index (χ1n) is 19.5. The predicted octanol–water partition coefficient (Wildman–Crippen LogP) is 13.6. The van der Waals surface area contributed by atoms with Crippen LogP contribution in [0.4, 0.5) is 0 Å². The third-order valence-corrected chi connectivity index (χ3v) is 30.9. The Morgan fingerprint density at radius 1 is 0.640 bits per heavy atom. The lowest BCUT2D eigenvalue weighted by Crippen LogP contribution is -2.61. The SMILES string of the molecule is CC(C)[Si](OC[C@H]1OC(c2nc3cc(Br)ccc3o2)=C[C@@H](O[Si](C(C)C)(C(C)C)C(C)C)[C@H]1O[Si](C(C)C)(C(C)C)C(C)C)(C(C)C)C(C)C. The van der Waals surface area contributed by atoms with Gasteiger partial charge in [0, 0.05) is 4.47 Å². The minimum absolute atomic E-state index is 0.336. The molecule has 0 saturated carbocycles. The summed E-state index contributed by atoms with van der Waals surface area (Å²) in [4.78, 5) is 4.95. The molecule has 1 aromatic carbocycles. The molecule has 0 fully saturated rings. The van der Waals surface area contributed by atoms with E-state index in [0.29, 0.717) is 68.1 Å². The number of oxazole rings is 1. The van der Waals surface area contributed by atoms with E-state index in [1.165, 1.54) is 0 Å². The summed E-state index contributed by atoms with van der Waals surface area (Å²) < 4.78 is 37.5. The first-order valence-corrected chi connectivity index (χ1v) is 26.7.